The van der Waals surface area contributed by atoms with E-state index >= 15 is 0 Å². The second kappa shape index (κ2) is 7.66. The highest BCUT2D eigenvalue weighted by Crippen LogP contribution is 2.35. The maximum Gasteiger partial charge on any atom is 0.257 e. The molecule has 0 aromatic heterocycles. The van der Waals surface area contributed by atoms with Crippen molar-refractivity contribution in [3.63, 3.8) is 0 Å². The van der Waals surface area contributed by atoms with Gasteiger partial charge in [0.1, 0.15) is 5.75 Å². The predicted molar refractivity (Wildman–Crippen MR) is 82.6 cm³/mol. The molecule has 0 spiro atoms. The van der Waals surface area contributed by atoms with Crippen molar-refractivity contribution in [2.75, 3.05) is 19.8 Å². The molecule has 0 bridgehead atoms. The Balaban J connectivity index is 1.76. The largest absolute Gasteiger partial charge is 0.484 e. The number of amides is 1. The summed E-state index contributed by atoms with van der Waals surface area (Å²) < 4.78 is 5.40. The Morgan fingerprint density at radius 3 is 2.76 bits per heavy atom. The summed E-state index contributed by atoms with van der Waals surface area (Å²) in [5, 5.41) is 13.0. The van der Waals surface area contributed by atoms with E-state index in [1.54, 1.807) is 24.3 Å². The predicted octanol–water partition coefficient (Wildman–Crippen LogP) is 2.78. The number of rotatable bonds is 6. The van der Waals surface area contributed by atoms with Crippen LogP contribution in [0.5, 0.6) is 5.75 Å². The van der Waals surface area contributed by atoms with Crippen molar-refractivity contribution < 1.29 is 14.6 Å². The van der Waals surface area contributed by atoms with Gasteiger partial charge >= 0.3 is 0 Å². The summed E-state index contributed by atoms with van der Waals surface area (Å²) in [6, 6.07) is 6.96. The molecule has 1 amide bonds. The zero-order valence-electron chi connectivity index (χ0n) is 12.1. The molecule has 1 saturated carbocycles. The minimum atomic E-state index is -0.173. The van der Waals surface area contributed by atoms with Crippen LogP contribution in [0.15, 0.2) is 24.3 Å². The summed E-state index contributed by atoms with van der Waals surface area (Å²) in [7, 11) is 0. The van der Waals surface area contributed by atoms with Gasteiger partial charge in [-0.25, -0.2) is 0 Å². The Hall–Kier alpha value is -1.26. The van der Waals surface area contributed by atoms with E-state index in [4.69, 9.17) is 16.3 Å². The van der Waals surface area contributed by atoms with Crippen molar-refractivity contribution in [1.82, 2.24) is 5.32 Å². The Morgan fingerprint density at radius 1 is 1.33 bits per heavy atom. The van der Waals surface area contributed by atoms with E-state index in [1.807, 2.05) is 0 Å². The first kappa shape index (κ1) is 16.1. The average Bonchev–Trinajstić information content (AvgIpc) is 2.52. The molecule has 0 aliphatic heterocycles. The molecule has 0 radical (unpaired) electrons. The molecule has 1 aromatic carbocycles. The fraction of sp³-hybridized carbons (Fsp3) is 0.562. The van der Waals surface area contributed by atoms with Crippen LogP contribution < -0.4 is 10.1 Å². The molecule has 21 heavy (non-hydrogen) atoms. The summed E-state index contributed by atoms with van der Waals surface area (Å²) in [5.41, 5.74) is -0.149. The van der Waals surface area contributed by atoms with Gasteiger partial charge in [-0.15, -0.1) is 0 Å². The van der Waals surface area contributed by atoms with Gasteiger partial charge in [-0.3, -0.25) is 4.79 Å². The maximum atomic E-state index is 11.9. The Kier molecular flexibility index (Phi) is 5.88. The van der Waals surface area contributed by atoms with Crippen LogP contribution in [0.1, 0.15) is 32.1 Å². The first-order chi connectivity index (χ1) is 10.1. The summed E-state index contributed by atoms with van der Waals surface area (Å²) in [5.74, 6) is 0.403. The Labute approximate surface area is 130 Å². The topological polar surface area (TPSA) is 58.6 Å². The van der Waals surface area contributed by atoms with E-state index in [0.29, 0.717) is 17.3 Å². The molecule has 1 fully saturated rings. The third-order valence-corrected chi connectivity index (χ3v) is 4.31. The normalized spacial score (nSPS) is 17.2. The Morgan fingerprint density at radius 2 is 2.10 bits per heavy atom. The van der Waals surface area contributed by atoms with Gasteiger partial charge in [-0.05, 0) is 31.0 Å². The van der Waals surface area contributed by atoms with E-state index in [9.17, 15) is 9.90 Å². The zero-order valence-corrected chi connectivity index (χ0v) is 12.9. The van der Waals surface area contributed by atoms with Crippen LogP contribution in [0.3, 0.4) is 0 Å². The summed E-state index contributed by atoms with van der Waals surface area (Å²) in [4.78, 5) is 11.9. The maximum absolute atomic E-state index is 11.9. The number of carbonyl (C=O) groups is 1. The van der Waals surface area contributed by atoms with E-state index in [-0.39, 0.29) is 24.5 Å². The standard InChI is InChI=1S/C16H22ClNO3/c17-13-5-4-6-14(9-13)21-10-15(20)18-11-16(12-19)7-2-1-3-8-16/h4-6,9,19H,1-3,7-8,10-12H2,(H,18,20). The number of ether oxygens (including phenoxy) is 1. The molecule has 0 unspecified atom stereocenters. The highest BCUT2D eigenvalue weighted by molar-refractivity contribution is 6.30. The van der Waals surface area contributed by atoms with E-state index in [1.165, 1.54) is 6.42 Å². The zero-order chi connectivity index (χ0) is 15.1. The minimum absolute atomic E-state index is 0.0398. The molecule has 2 N–H and O–H groups in total. The van der Waals surface area contributed by atoms with Crippen molar-refractivity contribution in [3.8, 4) is 5.75 Å². The van der Waals surface area contributed by atoms with Gasteiger partial charge in [0.2, 0.25) is 0 Å². The third-order valence-electron chi connectivity index (χ3n) is 4.08. The number of aliphatic hydroxyl groups excluding tert-OH is 1. The van der Waals surface area contributed by atoms with Gasteiger partial charge in [0.15, 0.2) is 6.61 Å². The SMILES string of the molecule is O=C(COc1cccc(Cl)c1)NCC1(CO)CCCCC1. The number of hydrogen-bond acceptors (Lipinski definition) is 3. The molecule has 0 atom stereocenters. The molecule has 5 heteroatoms. The summed E-state index contributed by atoms with van der Waals surface area (Å²) in [6.45, 7) is 0.603. The van der Waals surface area contributed by atoms with Crippen LogP contribution in [-0.2, 0) is 4.79 Å². The van der Waals surface area contributed by atoms with Crippen LogP contribution in [-0.4, -0.2) is 30.8 Å². The molecule has 116 valence electrons. The lowest BCUT2D eigenvalue weighted by atomic mass is 9.74. The number of halogens is 1. The van der Waals surface area contributed by atoms with Gasteiger partial charge in [0, 0.05) is 17.0 Å². The molecule has 1 aromatic rings. The second-order valence-corrected chi connectivity index (χ2v) is 6.18. The first-order valence-electron chi connectivity index (χ1n) is 7.39. The molecule has 2 rings (SSSR count). The van der Waals surface area contributed by atoms with Gasteiger partial charge in [-0.1, -0.05) is 36.9 Å². The Bertz CT molecular complexity index is 472. The van der Waals surface area contributed by atoms with Crippen LogP contribution in [0, 0.1) is 5.41 Å². The molecule has 1 aliphatic carbocycles. The molecule has 4 nitrogen and oxygen atoms in total. The van der Waals surface area contributed by atoms with Crippen molar-refractivity contribution in [3.05, 3.63) is 29.3 Å². The third kappa shape index (κ3) is 4.90. The number of aliphatic hydroxyl groups is 1. The van der Waals surface area contributed by atoms with Crippen LogP contribution in [0.2, 0.25) is 5.02 Å². The number of hydrogen-bond donors (Lipinski definition) is 2. The smallest absolute Gasteiger partial charge is 0.257 e. The molecule has 0 saturated heterocycles. The lowest BCUT2D eigenvalue weighted by Crippen LogP contribution is -2.42. The van der Waals surface area contributed by atoms with Gasteiger partial charge < -0.3 is 15.2 Å². The molecule has 0 heterocycles. The van der Waals surface area contributed by atoms with Crippen LogP contribution in [0.4, 0.5) is 0 Å². The van der Waals surface area contributed by atoms with E-state index in [2.05, 4.69) is 5.32 Å². The number of nitrogens with one attached hydrogen (secondary N) is 1. The fourth-order valence-corrected chi connectivity index (χ4v) is 2.92. The van der Waals surface area contributed by atoms with Gasteiger partial charge in [0.25, 0.3) is 5.91 Å². The second-order valence-electron chi connectivity index (χ2n) is 5.74. The fourth-order valence-electron chi connectivity index (χ4n) is 2.74. The quantitative estimate of drug-likeness (QED) is 0.849. The van der Waals surface area contributed by atoms with Gasteiger partial charge in [0.05, 0.1) is 6.61 Å². The van der Waals surface area contributed by atoms with Crippen molar-refractivity contribution in [2.45, 2.75) is 32.1 Å². The van der Waals surface area contributed by atoms with E-state index in [0.717, 1.165) is 25.7 Å². The molecular formula is C16H22ClNO3. The monoisotopic (exact) mass is 311 g/mol. The summed E-state index contributed by atoms with van der Waals surface area (Å²) in [6.07, 6.45) is 5.40. The van der Waals surface area contributed by atoms with Crippen molar-refractivity contribution in [2.24, 2.45) is 5.41 Å². The number of benzene rings is 1. The highest BCUT2D eigenvalue weighted by Gasteiger charge is 2.31. The number of carbonyl (C=O) groups excluding carboxylic acids is 1. The van der Waals surface area contributed by atoms with Crippen LogP contribution in [0.25, 0.3) is 0 Å². The minimum Gasteiger partial charge on any atom is -0.484 e. The lowest BCUT2D eigenvalue weighted by Gasteiger charge is -2.35. The highest BCUT2D eigenvalue weighted by atomic mass is 35.5. The lowest BCUT2D eigenvalue weighted by molar-refractivity contribution is -0.123. The average molecular weight is 312 g/mol. The summed E-state index contributed by atoms with van der Waals surface area (Å²) >= 11 is 5.85. The molecular weight excluding hydrogens is 290 g/mol. The van der Waals surface area contributed by atoms with Crippen molar-refractivity contribution in [1.29, 1.82) is 0 Å². The van der Waals surface area contributed by atoms with E-state index < -0.39 is 0 Å². The van der Waals surface area contributed by atoms with Gasteiger partial charge in [-0.2, -0.15) is 0 Å². The molecule has 1 aliphatic rings. The van der Waals surface area contributed by atoms with Crippen LogP contribution >= 0.6 is 11.6 Å². The first-order valence-corrected chi connectivity index (χ1v) is 7.77. The van der Waals surface area contributed by atoms with Crippen molar-refractivity contribution >= 4 is 17.5 Å².